The maximum absolute atomic E-state index is 11.9. The summed E-state index contributed by atoms with van der Waals surface area (Å²) in [6, 6.07) is 5.91. The third-order valence-corrected chi connectivity index (χ3v) is 3.90. The van der Waals surface area contributed by atoms with Crippen LogP contribution < -0.4 is 5.73 Å². The Hall–Kier alpha value is -1.90. The summed E-state index contributed by atoms with van der Waals surface area (Å²) in [6.07, 6.45) is 0. The molecule has 1 aromatic carbocycles. The average Bonchev–Trinajstić information content (AvgIpc) is 2.45. The van der Waals surface area contributed by atoms with E-state index in [0.29, 0.717) is 21.8 Å². The Labute approximate surface area is 137 Å². The summed E-state index contributed by atoms with van der Waals surface area (Å²) in [7, 11) is 1.29. The minimum absolute atomic E-state index is 0. The Balaban J connectivity index is 0.00000242. The summed E-state index contributed by atoms with van der Waals surface area (Å²) < 4.78 is 4.77. The highest BCUT2D eigenvalue weighted by atomic mass is 35.5. The van der Waals surface area contributed by atoms with Crippen LogP contribution in [0.5, 0.6) is 0 Å². The second kappa shape index (κ2) is 7.39. The number of nitro groups is 1. The molecule has 0 saturated carbocycles. The van der Waals surface area contributed by atoms with E-state index in [1.807, 2.05) is 0 Å². The van der Waals surface area contributed by atoms with E-state index in [2.05, 4.69) is 4.99 Å². The van der Waals surface area contributed by atoms with Gasteiger partial charge in [-0.15, -0.1) is 12.4 Å². The molecule has 1 unspecified atom stereocenters. The van der Waals surface area contributed by atoms with Crippen LogP contribution in [0.25, 0.3) is 4.91 Å². The summed E-state index contributed by atoms with van der Waals surface area (Å²) in [5.41, 5.74) is 6.75. The molecule has 118 valence electrons. The molecule has 2 N–H and O–H groups in total. The lowest BCUT2D eigenvalue weighted by Crippen LogP contribution is -2.24. The number of aliphatic imine (C=N–C) groups is 1. The molecule has 1 aromatic rings. The monoisotopic (exact) mass is 343 g/mol. The third-order valence-electron chi connectivity index (χ3n) is 2.88. The molecule has 1 atom stereocenters. The molecule has 1 heterocycles. The first kappa shape index (κ1) is 18.1. The Morgan fingerprint density at radius 1 is 1.41 bits per heavy atom. The van der Waals surface area contributed by atoms with E-state index in [0.717, 1.165) is 0 Å². The van der Waals surface area contributed by atoms with Gasteiger partial charge in [-0.1, -0.05) is 11.8 Å². The van der Waals surface area contributed by atoms with Crippen LogP contribution >= 0.6 is 24.2 Å². The van der Waals surface area contributed by atoms with Gasteiger partial charge in [-0.3, -0.25) is 15.1 Å². The van der Waals surface area contributed by atoms with Crippen LogP contribution in [0.3, 0.4) is 0 Å². The van der Waals surface area contributed by atoms with E-state index in [4.69, 9.17) is 10.5 Å². The van der Waals surface area contributed by atoms with Gasteiger partial charge in [0.25, 0.3) is 5.69 Å². The molecular formula is C13H14ClN3O4S. The third kappa shape index (κ3) is 3.65. The summed E-state index contributed by atoms with van der Waals surface area (Å²) in [5, 5.41) is 10.7. The molecule has 1 aliphatic rings. The van der Waals surface area contributed by atoms with Crippen LogP contribution in [0, 0.1) is 10.1 Å². The average molecular weight is 344 g/mol. The number of carbonyl (C=O) groups excluding carboxylic acids is 1. The highest BCUT2D eigenvalue weighted by Crippen LogP contribution is 2.37. The molecule has 0 aliphatic carbocycles. The Morgan fingerprint density at radius 3 is 2.50 bits per heavy atom. The minimum atomic E-state index is -0.524. The molecule has 0 fully saturated rings. The number of halogens is 1. The lowest BCUT2D eigenvalue weighted by molar-refractivity contribution is -0.384. The van der Waals surface area contributed by atoms with Crippen LogP contribution in [0.4, 0.5) is 5.69 Å². The zero-order valence-corrected chi connectivity index (χ0v) is 13.4. The quantitative estimate of drug-likeness (QED) is 0.512. The fraction of sp³-hybridized carbons (Fsp3) is 0.231. The van der Waals surface area contributed by atoms with Crippen molar-refractivity contribution < 1.29 is 14.5 Å². The zero-order valence-electron chi connectivity index (χ0n) is 11.8. The van der Waals surface area contributed by atoms with Crippen LogP contribution in [-0.4, -0.2) is 29.2 Å². The second-order valence-corrected chi connectivity index (χ2v) is 5.35. The summed E-state index contributed by atoms with van der Waals surface area (Å²) in [6.45, 7) is 1.68. The van der Waals surface area contributed by atoms with Gasteiger partial charge in [0.15, 0.2) is 0 Å². The van der Waals surface area contributed by atoms with Crippen LogP contribution in [0.15, 0.2) is 34.8 Å². The summed E-state index contributed by atoms with van der Waals surface area (Å²) in [5.74, 6) is -0.510. The first-order valence-corrected chi connectivity index (χ1v) is 6.86. The Bertz CT molecular complexity index is 658. The van der Waals surface area contributed by atoms with E-state index < -0.39 is 16.4 Å². The van der Waals surface area contributed by atoms with Crippen molar-refractivity contribution in [1.82, 2.24) is 0 Å². The first-order chi connectivity index (χ1) is 9.93. The first-order valence-electron chi connectivity index (χ1n) is 5.98. The van der Waals surface area contributed by atoms with Crippen molar-refractivity contribution in [3.8, 4) is 0 Å². The number of esters is 1. The number of benzene rings is 1. The van der Waals surface area contributed by atoms with Crippen molar-refractivity contribution in [1.29, 1.82) is 0 Å². The lowest BCUT2D eigenvalue weighted by atomic mass is 10.1. The van der Waals surface area contributed by atoms with E-state index in [9.17, 15) is 14.9 Å². The Morgan fingerprint density at radius 2 is 2.00 bits per heavy atom. The number of nitrogens with zero attached hydrogens (tertiary/aromatic N) is 2. The molecule has 1 aliphatic heterocycles. The molecule has 2 rings (SSSR count). The van der Waals surface area contributed by atoms with E-state index >= 15 is 0 Å². The van der Waals surface area contributed by atoms with Crippen molar-refractivity contribution in [2.24, 2.45) is 10.7 Å². The fourth-order valence-corrected chi connectivity index (χ4v) is 2.99. The molecule has 0 bridgehead atoms. The molecule has 0 aromatic heterocycles. The van der Waals surface area contributed by atoms with Gasteiger partial charge in [-0.2, -0.15) is 0 Å². The van der Waals surface area contributed by atoms with Crippen molar-refractivity contribution in [2.75, 3.05) is 7.11 Å². The minimum Gasteiger partial charge on any atom is -0.465 e. The normalized spacial score (nSPS) is 17.4. The summed E-state index contributed by atoms with van der Waals surface area (Å²) >= 11 is 1.21. The smallest absolute Gasteiger partial charge is 0.340 e. The van der Waals surface area contributed by atoms with Crippen LogP contribution in [-0.2, 0) is 9.53 Å². The lowest BCUT2D eigenvalue weighted by Gasteiger charge is -2.21. The highest BCUT2D eigenvalue weighted by molar-refractivity contribution is 8.09. The number of nitrogens with two attached hydrogens (primary N) is 1. The number of carbonyl (C=O) groups is 1. The highest BCUT2D eigenvalue weighted by Gasteiger charge is 2.27. The predicted molar refractivity (Wildman–Crippen MR) is 88.0 cm³/mol. The number of hydrogen-bond acceptors (Lipinski definition) is 7. The topological polar surface area (TPSA) is 108 Å². The van der Waals surface area contributed by atoms with Gasteiger partial charge in [-0.25, -0.2) is 4.79 Å². The number of methoxy groups -OCH3 is 1. The number of ether oxygens (including phenoxy) is 1. The van der Waals surface area contributed by atoms with Gasteiger partial charge in [0.1, 0.15) is 5.50 Å². The molecule has 0 spiro atoms. The molecule has 0 radical (unpaired) electrons. The second-order valence-electron chi connectivity index (χ2n) is 4.22. The predicted octanol–water partition coefficient (Wildman–Crippen LogP) is 2.35. The maximum atomic E-state index is 11.9. The zero-order chi connectivity index (χ0) is 15.6. The van der Waals surface area contributed by atoms with Crippen molar-refractivity contribution >= 4 is 46.4 Å². The largest absolute Gasteiger partial charge is 0.465 e. The molecule has 9 heteroatoms. The van der Waals surface area contributed by atoms with Crippen LogP contribution in [0.1, 0.15) is 12.5 Å². The van der Waals surface area contributed by atoms with E-state index in [1.165, 1.54) is 31.0 Å². The van der Waals surface area contributed by atoms with Gasteiger partial charge >= 0.3 is 5.97 Å². The molecule has 0 saturated heterocycles. The number of thioether (sulfide) groups is 1. The van der Waals surface area contributed by atoms with Crippen molar-refractivity contribution in [3.63, 3.8) is 0 Å². The van der Waals surface area contributed by atoms with E-state index in [1.54, 1.807) is 19.1 Å². The molecule has 7 nitrogen and oxygen atoms in total. The van der Waals surface area contributed by atoms with Gasteiger partial charge in [0.2, 0.25) is 0 Å². The van der Waals surface area contributed by atoms with E-state index in [-0.39, 0.29) is 18.1 Å². The SMILES string of the molecule is COC(=O)C1=C(c2ccc([N+](=O)[O-])cc2)SC(N)N=C1C.Cl. The van der Waals surface area contributed by atoms with Gasteiger partial charge < -0.3 is 10.5 Å². The summed E-state index contributed by atoms with van der Waals surface area (Å²) in [4.78, 5) is 26.9. The van der Waals surface area contributed by atoms with Gasteiger partial charge in [0.05, 0.1) is 23.3 Å². The maximum Gasteiger partial charge on any atom is 0.340 e. The fourth-order valence-electron chi connectivity index (χ4n) is 1.92. The van der Waals surface area contributed by atoms with Crippen molar-refractivity contribution in [2.45, 2.75) is 12.4 Å². The van der Waals surface area contributed by atoms with Crippen molar-refractivity contribution in [3.05, 3.63) is 45.5 Å². The van der Waals surface area contributed by atoms with Gasteiger partial charge in [-0.05, 0) is 24.6 Å². The molecule has 22 heavy (non-hydrogen) atoms. The van der Waals surface area contributed by atoms with Crippen LogP contribution in [0.2, 0.25) is 0 Å². The standard InChI is InChI=1S/C13H13N3O4S.ClH/c1-7-10(12(17)20-2)11(21-13(14)15-7)8-3-5-9(6-4-8)16(18)19;/h3-6,13H,14H2,1-2H3;1H. The Kier molecular flexibility index (Phi) is 6.10. The number of non-ortho nitro benzene ring substituents is 1. The van der Waals surface area contributed by atoms with Gasteiger partial charge in [0, 0.05) is 17.0 Å². The number of nitro benzene ring substituents is 1. The number of hydrogen-bond donors (Lipinski definition) is 1. The molecular weight excluding hydrogens is 330 g/mol. The molecule has 0 amide bonds. The number of rotatable bonds is 3.